The number of benzene rings is 1. The average Bonchev–Trinajstić information content (AvgIpc) is 2.89. The summed E-state index contributed by atoms with van der Waals surface area (Å²) >= 11 is 0. The molecule has 2 heterocycles. The molecule has 2 N–H and O–H groups in total. The summed E-state index contributed by atoms with van der Waals surface area (Å²) in [5, 5.41) is 6.51. The predicted octanol–water partition coefficient (Wildman–Crippen LogP) is 1.48. The zero-order chi connectivity index (χ0) is 17.3. The van der Waals surface area contributed by atoms with Crippen LogP contribution in [-0.4, -0.2) is 34.8 Å². The number of nitrogens with one attached hydrogen (secondary N) is 2. The standard InChI is InChI=1S/C18H21N3O3/c1-11(2)7-14-17(23)20-15(18(24)19-14)9-21-13(10-22)8-12-5-3-4-6-16(12)21/h3-6,8,10-11,14-15H,7,9H2,1-2H3,(H,19,24)(H,20,23)/t14-,15-/m0/s1. The van der Waals surface area contributed by atoms with Gasteiger partial charge in [0.15, 0.2) is 6.29 Å². The van der Waals surface area contributed by atoms with E-state index in [2.05, 4.69) is 10.6 Å². The summed E-state index contributed by atoms with van der Waals surface area (Å²) in [6.45, 7) is 4.25. The minimum Gasteiger partial charge on any atom is -0.342 e. The van der Waals surface area contributed by atoms with Gasteiger partial charge >= 0.3 is 0 Å². The fourth-order valence-electron chi connectivity index (χ4n) is 3.16. The van der Waals surface area contributed by atoms with E-state index in [1.807, 2.05) is 38.1 Å². The van der Waals surface area contributed by atoms with Crippen LogP contribution in [0.2, 0.25) is 0 Å². The minimum absolute atomic E-state index is 0.169. The largest absolute Gasteiger partial charge is 0.342 e. The van der Waals surface area contributed by atoms with Gasteiger partial charge in [0, 0.05) is 10.9 Å². The van der Waals surface area contributed by atoms with Gasteiger partial charge in [-0.2, -0.15) is 0 Å². The number of amides is 2. The molecule has 2 atom stereocenters. The number of carbonyl (C=O) groups excluding carboxylic acids is 3. The Morgan fingerprint density at radius 1 is 1.12 bits per heavy atom. The molecule has 1 aromatic carbocycles. The van der Waals surface area contributed by atoms with E-state index in [4.69, 9.17) is 0 Å². The molecule has 1 aromatic heterocycles. The summed E-state index contributed by atoms with van der Waals surface area (Å²) in [7, 11) is 0. The van der Waals surface area contributed by atoms with Crippen LogP contribution in [0.1, 0.15) is 30.8 Å². The molecule has 1 aliphatic heterocycles. The molecule has 0 saturated carbocycles. The second kappa shape index (κ2) is 6.47. The van der Waals surface area contributed by atoms with Crippen LogP contribution in [0.25, 0.3) is 10.9 Å². The van der Waals surface area contributed by atoms with Crippen LogP contribution >= 0.6 is 0 Å². The van der Waals surface area contributed by atoms with Crippen LogP contribution < -0.4 is 10.6 Å². The van der Waals surface area contributed by atoms with Crippen molar-refractivity contribution in [3.05, 3.63) is 36.0 Å². The first-order chi connectivity index (χ1) is 11.5. The molecular weight excluding hydrogens is 306 g/mol. The molecule has 24 heavy (non-hydrogen) atoms. The second-order valence-electron chi connectivity index (χ2n) is 6.61. The number of carbonyl (C=O) groups is 3. The second-order valence-corrected chi connectivity index (χ2v) is 6.61. The topological polar surface area (TPSA) is 80.2 Å². The fraction of sp³-hybridized carbons (Fsp3) is 0.389. The lowest BCUT2D eigenvalue weighted by atomic mass is 10.00. The highest BCUT2D eigenvalue weighted by atomic mass is 16.2. The molecule has 0 aliphatic carbocycles. The van der Waals surface area contributed by atoms with Gasteiger partial charge in [0.05, 0.1) is 12.2 Å². The number of fused-ring (bicyclic) bond motifs is 1. The number of aromatic nitrogens is 1. The Balaban J connectivity index is 1.83. The van der Waals surface area contributed by atoms with Crippen molar-refractivity contribution in [2.45, 2.75) is 38.9 Å². The van der Waals surface area contributed by atoms with Crippen LogP contribution in [0.4, 0.5) is 0 Å². The lowest BCUT2D eigenvalue weighted by molar-refractivity contribution is -0.137. The van der Waals surface area contributed by atoms with E-state index in [9.17, 15) is 14.4 Å². The van der Waals surface area contributed by atoms with E-state index >= 15 is 0 Å². The summed E-state index contributed by atoms with van der Waals surface area (Å²) in [5.41, 5.74) is 1.36. The Bertz CT molecular complexity index is 794. The molecule has 2 aromatic rings. The normalized spacial score (nSPS) is 21.0. The third kappa shape index (κ3) is 3.04. The predicted molar refractivity (Wildman–Crippen MR) is 90.6 cm³/mol. The maximum absolute atomic E-state index is 12.4. The van der Waals surface area contributed by atoms with Crippen LogP contribution in [0, 0.1) is 5.92 Å². The molecule has 1 aliphatic rings. The highest BCUT2D eigenvalue weighted by Gasteiger charge is 2.34. The minimum atomic E-state index is -0.685. The average molecular weight is 327 g/mol. The van der Waals surface area contributed by atoms with Gasteiger partial charge < -0.3 is 15.2 Å². The van der Waals surface area contributed by atoms with Crippen LogP contribution in [0.15, 0.2) is 30.3 Å². The van der Waals surface area contributed by atoms with Crippen molar-refractivity contribution in [3.8, 4) is 0 Å². The number of hydrogen-bond donors (Lipinski definition) is 2. The summed E-state index contributed by atoms with van der Waals surface area (Å²) < 4.78 is 1.77. The molecule has 0 bridgehead atoms. The Morgan fingerprint density at radius 3 is 2.50 bits per heavy atom. The smallest absolute Gasteiger partial charge is 0.245 e. The monoisotopic (exact) mass is 327 g/mol. The van der Waals surface area contributed by atoms with Gasteiger partial charge in [-0.15, -0.1) is 0 Å². The van der Waals surface area contributed by atoms with Crippen molar-refractivity contribution in [2.75, 3.05) is 0 Å². The Kier molecular flexibility index (Phi) is 4.38. The van der Waals surface area contributed by atoms with Crippen molar-refractivity contribution in [2.24, 2.45) is 5.92 Å². The maximum atomic E-state index is 12.4. The van der Waals surface area contributed by atoms with E-state index in [0.29, 0.717) is 18.0 Å². The van der Waals surface area contributed by atoms with Crippen LogP contribution in [-0.2, 0) is 16.1 Å². The zero-order valence-corrected chi connectivity index (χ0v) is 13.8. The van der Waals surface area contributed by atoms with E-state index in [0.717, 1.165) is 17.2 Å². The third-order valence-electron chi connectivity index (χ3n) is 4.30. The maximum Gasteiger partial charge on any atom is 0.245 e. The number of aldehydes is 1. The van der Waals surface area contributed by atoms with Gasteiger partial charge in [0.2, 0.25) is 11.8 Å². The lowest BCUT2D eigenvalue weighted by Crippen LogP contribution is -2.63. The first kappa shape index (κ1) is 16.2. The molecule has 1 saturated heterocycles. The van der Waals surface area contributed by atoms with Gasteiger partial charge in [0.25, 0.3) is 0 Å². The Morgan fingerprint density at radius 2 is 1.79 bits per heavy atom. The van der Waals surface area contributed by atoms with Crippen molar-refractivity contribution in [3.63, 3.8) is 0 Å². The van der Waals surface area contributed by atoms with Crippen LogP contribution in [0.5, 0.6) is 0 Å². The van der Waals surface area contributed by atoms with Crippen LogP contribution in [0.3, 0.4) is 0 Å². The van der Waals surface area contributed by atoms with Gasteiger partial charge in [-0.1, -0.05) is 32.0 Å². The van der Waals surface area contributed by atoms with Crippen molar-refractivity contribution in [1.29, 1.82) is 0 Å². The van der Waals surface area contributed by atoms with E-state index in [-0.39, 0.29) is 18.4 Å². The molecule has 3 rings (SSSR count). The Hall–Kier alpha value is -2.63. The van der Waals surface area contributed by atoms with Gasteiger partial charge in [-0.05, 0) is 24.5 Å². The fourth-order valence-corrected chi connectivity index (χ4v) is 3.16. The van der Waals surface area contributed by atoms with Gasteiger partial charge in [-0.25, -0.2) is 0 Å². The quantitative estimate of drug-likeness (QED) is 0.817. The number of rotatable bonds is 5. The summed E-state index contributed by atoms with van der Waals surface area (Å²) in [6.07, 6.45) is 1.38. The highest BCUT2D eigenvalue weighted by molar-refractivity contribution is 5.97. The molecule has 6 nitrogen and oxygen atoms in total. The van der Waals surface area contributed by atoms with Gasteiger partial charge in [0.1, 0.15) is 12.1 Å². The molecule has 0 radical (unpaired) electrons. The molecule has 1 fully saturated rings. The third-order valence-corrected chi connectivity index (χ3v) is 4.30. The highest BCUT2D eigenvalue weighted by Crippen LogP contribution is 2.20. The van der Waals surface area contributed by atoms with E-state index in [1.54, 1.807) is 10.6 Å². The molecule has 126 valence electrons. The molecule has 2 amide bonds. The van der Waals surface area contributed by atoms with Crippen molar-refractivity contribution in [1.82, 2.24) is 15.2 Å². The van der Waals surface area contributed by atoms with Crippen molar-refractivity contribution >= 4 is 29.0 Å². The number of nitrogens with zero attached hydrogens (tertiary/aromatic N) is 1. The first-order valence-corrected chi connectivity index (χ1v) is 8.13. The Labute approximate surface area is 140 Å². The van der Waals surface area contributed by atoms with Gasteiger partial charge in [-0.3, -0.25) is 14.4 Å². The van der Waals surface area contributed by atoms with Crippen molar-refractivity contribution < 1.29 is 14.4 Å². The van der Waals surface area contributed by atoms with E-state index < -0.39 is 12.1 Å². The number of piperazine rings is 1. The van der Waals surface area contributed by atoms with E-state index in [1.165, 1.54) is 0 Å². The molecule has 0 unspecified atom stereocenters. The first-order valence-electron chi connectivity index (χ1n) is 8.13. The molecule has 0 spiro atoms. The summed E-state index contributed by atoms with van der Waals surface area (Å²) in [6, 6.07) is 8.20. The lowest BCUT2D eigenvalue weighted by Gasteiger charge is -2.31. The zero-order valence-electron chi connectivity index (χ0n) is 13.8. The molecule has 6 heteroatoms. The number of hydrogen-bond acceptors (Lipinski definition) is 3. The summed E-state index contributed by atoms with van der Waals surface area (Å²) in [4.78, 5) is 35.9. The number of para-hydroxylation sites is 1. The molecular formula is C18H21N3O3. The summed E-state index contributed by atoms with van der Waals surface area (Å²) in [5.74, 6) is -0.0695. The SMILES string of the molecule is CC(C)C[C@@H]1NC(=O)[C@H](Cn2c(C=O)cc3ccccc32)NC1=O.